The van der Waals surface area contributed by atoms with Crippen molar-refractivity contribution in [3.63, 3.8) is 0 Å². The summed E-state index contributed by atoms with van der Waals surface area (Å²) < 4.78 is 5.31. The highest BCUT2D eigenvalue weighted by Gasteiger charge is 2.04. The average molecular weight is 138 g/mol. The van der Waals surface area contributed by atoms with E-state index >= 15 is 0 Å². The first-order valence-electron chi connectivity index (χ1n) is 3.90. The number of hydrogen-bond acceptors (Lipinski definition) is 1. The van der Waals surface area contributed by atoms with Crippen LogP contribution >= 0.6 is 0 Å². The molecule has 0 aromatic rings. The Hall–Kier alpha value is -0.720. The second-order valence-corrected chi connectivity index (χ2v) is 2.46. The van der Waals surface area contributed by atoms with Crippen molar-refractivity contribution >= 4 is 0 Å². The third-order valence-corrected chi connectivity index (χ3v) is 1.55. The molecular formula is C9H14O. The van der Waals surface area contributed by atoms with Crippen molar-refractivity contribution in [1.82, 2.24) is 0 Å². The quantitative estimate of drug-likeness (QED) is 0.533. The lowest BCUT2D eigenvalue weighted by molar-refractivity contribution is 0.165. The van der Waals surface area contributed by atoms with Crippen molar-refractivity contribution in [2.24, 2.45) is 0 Å². The second kappa shape index (κ2) is 4.15. The molecule has 0 aromatic carbocycles. The Morgan fingerprint density at radius 3 is 3.20 bits per heavy atom. The van der Waals surface area contributed by atoms with Crippen LogP contribution in [-0.4, -0.2) is 6.10 Å². The summed E-state index contributed by atoms with van der Waals surface area (Å²) >= 11 is 0. The molecule has 0 saturated carbocycles. The molecule has 0 saturated heterocycles. The smallest absolute Gasteiger partial charge is 0.116 e. The first kappa shape index (κ1) is 7.39. The molecule has 1 unspecified atom stereocenters. The fourth-order valence-electron chi connectivity index (χ4n) is 0.982. The van der Waals surface area contributed by atoms with Crippen LogP contribution in [0.4, 0.5) is 0 Å². The maximum atomic E-state index is 5.31. The molecule has 0 aromatic heterocycles. The van der Waals surface area contributed by atoms with E-state index in [0.717, 1.165) is 19.3 Å². The molecule has 0 spiro atoms. The Bertz CT molecular complexity index is 136. The van der Waals surface area contributed by atoms with Crippen molar-refractivity contribution in [3.8, 4) is 0 Å². The van der Waals surface area contributed by atoms with Crippen molar-refractivity contribution in [3.05, 3.63) is 24.5 Å². The average Bonchev–Trinajstić information content (AvgIpc) is 2.03. The highest BCUT2D eigenvalue weighted by atomic mass is 16.5. The molecule has 0 radical (unpaired) electrons. The van der Waals surface area contributed by atoms with Crippen LogP contribution in [0.1, 0.15) is 26.2 Å². The number of hydrogen-bond donors (Lipinski definition) is 0. The molecule has 10 heavy (non-hydrogen) atoms. The van der Waals surface area contributed by atoms with E-state index in [9.17, 15) is 0 Å². The van der Waals surface area contributed by atoms with Crippen LogP contribution < -0.4 is 0 Å². The molecule has 1 heterocycles. The summed E-state index contributed by atoms with van der Waals surface area (Å²) in [6.07, 6.45) is 11.9. The van der Waals surface area contributed by atoms with Crippen LogP contribution in [0.2, 0.25) is 0 Å². The summed E-state index contributed by atoms with van der Waals surface area (Å²) in [7, 11) is 0. The van der Waals surface area contributed by atoms with E-state index in [1.165, 1.54) is 0 Å². The zero-order valence-corrected chi connectivity index (χ0v) is 6.42. The van der Waals surface area contributed by atoms with Gasteiger partial charge in [0.1, 0.15) is 6.10 Å². The summed E-state index contributed by atoms with van der Waals surface area (Å²) in [5.74, 6) is 0. The Kier molecular flexibility index (Phi) is 3.07. The van der Waals surface area contributed by atoms with E-state index in [2.05, 4.69) is 25.2 Å². The highest BCUT2D eigenvalue weighted by Crippen LogP contribution is 2.10. The minimum atomic E-state index is 0.338. The van der Waals surface area contributed by atoms with E-state index in [4.69, 9.17) is 4.74 Å². The van der Waals surface area contributed by atoms with Gasteiger partial charge >= 0.3 is 0 Å². The van der Waals surface area contributed by atoms with Crippen molar-refractivity contribution in [1.29, 1.82) is 0 Å². The summed E-state index contributed by atoms with van der Waals surface area (Å²) in [6.45, 7) is 2.13. The van der Waals surface area contributed by atoms with Gasteiger partial charge in [0.25, 0.3) is 0 Å². The Labute approximate surface area is 62.4 Å². The molecule has 0 amide bonds. The van der Waals surface area contributed by atoms with Gasteiger partial charge in [-0.2, -0.15) is 0 Å². The van der Waals surface area contributed by atoms with E-state index in [1.807, 2.05) is 0 Å². The lowest BCUT2D eigenvalue weighted by atomic mass is 10.1. The van der Waals surface area contributed by atoms with Gasteiger partial charge in [0.2, 0.25) is 0 Å². The molecular weight excluding hydrogens is 124 g/mol. The molecule has 0 aliphatic carbocycles. The summed E-state index contributed by atoms with van der Waals surface area (Å²) in [4.78, 5) is 0. The van der Waals surface area contributed by atoms with Crippen LogP contribution in [0.25, 0.3) is 0 Å². The minimum Gasteiger partial charge on any atom is -0.494 e. The van der Waals surface area contributed by atoms with E-state index in [-0.39, 0.29) is 0 Å². The minimum absolute atomic E-state index is 0.338. The SMILES string of the molecule is CC/C=C/C1CCC=CO1. The first-order valence-corrected chi connectivity index (χ1v) is 3.90. The molecule has 1 atom stereocenters. The van der Waals surface area contributed by atoms with Gasteiger partial charge in [-0.15, -0.1) is 0 Å². The molecule has 0 N–H and O–H groups in total. The van der Waals surface area contributed by atoms with Gasteiger partial charge in [0.15, 0.2) is 0 Å². The lowest BCUT2D eigenvalue weighted by Crippen LogP contribution is -2.08. The van der Waals surface area contributed by atoms with Gasteiger partial charge in [0.05, 0.1) is 6.26 Å². The van der Waals surface area contributed by atoms with Gasteiger partial charge in [-0.25, -0.2) is 0 Å². The molecule has 1 aliphatic rings. The third-order valence-electron chi connectivity index (χ3n) is 1.55. The van der Waals surface area contributed by atoms with Crippen LogP contribution in [-0.2, 0) is 4.74 Å². The van der Waals surface area contributed by atoms with Gasteiger partial charge < -0.3 is 4.74 Å². The van der Waals surface area contributed by atoms with Crippen LogP contribution in [0.5, 0.6) is 0 Å². The first-order chi connectivity index (χ1) is 4.93. The molecule has 1 rings (SSSR count). The Morgan fingerprint density at radius 2 is 2.60 bits per heavy atom. The monoisotopic (exact) mass is 138 g/mol. The largest absolute Gasteiger partial charge is 0.494 e. The molecule has 1 nitrogen and oxygen atoms in total. The number of allylic oxidation sites excluding steroid dienone is 2. The van der Waals surface area contributed by atoms with Crippen molar-refractivity contribution < 1.29 is 4.74 Å². The molecule has 56 valence electrons. The maximum absolute atomic E-state index is 5.31. The zero-order chi connectivity index (χ0) is 7.23. The van der Waals surface area contributed by atoms with Crippen molar-refractivity contribution in [2.45, 2.75) is 32.3 Å². The third kappa shape index (κ3) is 2.26. The van der Waals surface area contributed by atoms with Gasteiger partial charge in [0, 0.05) is 0 Å². The van der Waals surface area contributed by atoms with Gasteiger partial charge in [-0.05, 0) is 31.4 Å². The highest BCUT2D eigenvalue weighted by molar-refractivity contribution is 4.94. The van der Waals surface area contributed by atoms with Crippen LogP contribution in [0.3, 0.4) is 0 Å². The summed E-state index contributed by atoms with van der Waals surface area (Å²) in [5, 5.41) is 0. The normalized spacial score (nSPS) is 25.1. The Balaban J connectivity index is 2.28. The topological polar surface area (TPSA) is 9.23 Å². The number of rotatable bonds is 2. The fourth-order valence-corrected chi connectivity index (χ4v) is 0.982. The van der Waals surface area contributed by atoms with E-state index in [1.54, 1.807) is 6.26 Å². The van der Waals surface area contributed by atoms with E-state index < -0.39 is 0 Å². The summed E-state index contributed by atoms with van der Waals surface area (Å²) in [5.41, 5.74) is 0. The van der Waals surface area contributed by atoms with E-state index in [0.29, 0.717) is 6.10 Å². The molecule has 0 bridgehead atoms. The zero-order valence-electron chi connectivity index (χ0n) is 6.42. The summed E-state index contributed by atoms with van der Waals surface area (Å²) in [6, 6.07) is 0. The standard InChI is InChI=1S/C9H14O/c1-2-3-6-9-7-4-5-8-10-9/h3,5-6,8-9H,2,4,7H2,1H3/b6-3+. The van der Waals surface area contributed by atoms with Gasteiger partial charge in [-0.3, -0.25) is 0 Å². The predicted octanol–water partition coefficient (Wildman–Crippen LogP) is 2.65. The molecule has 1 aliphatic heterocycles. The van der Waals surface area contributed by atoms with Gasteiger partial charge in [-0.1, -0.05) is 13.0 Å². The number of ether oxygens (including phenoxy) is 1. The maximum Gasteiger partial charge on any atom is 0.116 e. The fraction of sp³-hybridized carbons (Fsp3) is 0.556. The molecule has 0 fully saturated rings. The Morgan fingerprint density at radius 1 is 1.70 bits per heavy atom. The second-order valence-electron chi connectivity index (χ2n) is 2.46. The lowest BCUT2D eigenvalue weighted by Gasteiger charge is -2.14. The van der Waals surface area contributed by atoms with Crippen molar-refractivity contribution in [2.75, 3.05) is 0 Å². The van der Waals surface area contributed by atoms with Crippen LogP contribution in [0, 0.1) is 0 Å². The van der Waals surface area contributed by atoms with Crippen LogP contribution in [0.15, 0.2) is 24.5 Å². The molecule has 1 heteroatoms. The predicted molar refractivity (Wildman–Crippen MR) is 42.7 cm³/mol.